The van der Waals surface area contributed by atoms with Gasteiger partial charge in [0.25, 0.3) is 0 Å². The van der Waals surface area contributed by atoms with Crippen molar-refractivity contribution in [3.05, 3.63) is 0 Å². The van der Waals surface area contributed by atoms with Gasteiger partial charge in [0.05, 0.1) is 19.3 Å². The van der Waals surface area contributed by atoms with Crippen molar-refractivity contribution in [3.8, 4) is 0 Å². The first-order valence-electron chi connectivity index (χ1n) is 4.34. The second kappa shape index (κ2) is 4.42. The lowest BCUT2D eigenvalue weighted by atomic mass is 10.2. The molecule has 1 saturated heterocycles. The summed E-state index contributed by atoms with van der Waals surface area (Å²) in [5.41, 5.74) is 5.09. The molecular weight excluding hydrogens is 156 g/mol. The highest BCUT2D eigenvalue weighted by Gasteiger charge is 2.19. The van der Waals surface area contributed by atoms with Crippen LogP contribution >= 0.6 is 0 Å². The first-order chi connectivity index (χ1) is 5.72. The average molecular weight is 172 g/mol. The van der Waals surface area contributed by atoms with E-state index in [1.165, 1.54) is 0 Å². The number of hydrogen-bond donors (Lipinski definition) is 1. The van der Waals surface area contributed by atoms with Gasteiger partial charge in [-0.1, -0.05) is 6.92 Å². The number of nitrogens with zero attached hydrogens (tertiary/aromatic N) is 1. The molecule has 0 aliphatic carbocycles. The molecular formula is C8H16N2O2. The van der Waals surface area contributed by atoms with Crippen LogP contribution in [0.25, 0.3) is 0 Å². The fourth-order valence-electron chi connectivity index (χ4n) is 1.39. The normalized spacial score (nSPS) is 25.6. The highest BCUT2D eigenvalue weighted by molar-refractivity contribution is 5.75. The molecule has 12 heavy (non-hydrogen) atoms. The van der Waals surface area contributed by atoms with E-state index in [9.17, 15) is 4.79 Å². The largest absolute Gasteiger partial charge is 0.376 e. The Hall–Kier alpha value is -0.610. The summed E-state index contributed by atoms with van der Waals surface area (Å²) in [5.74, 6) is -0.258. The van der Waals surface area contributed by atoms with Crippen LogP contribution in [-0.2, 0) is 9.53 Å². The Balaban J connectivity index is 2.30. The van der Waals surface area contributed by atoms with Crippen molar-refractivity contribution in [2.45, 2.75) is 19.4 Å². The van der Waals surface area contributed by atoms with Gasteiger partial charge in [0.2, 0.25) is 5.91 Å². The highest BCUT2D eigenvalue weighted by Crippen LogP contribution is 2.06. The molecule has 1 fully saturated rings. The van der Waals surface area contributed by atoms with Crippen molar-refractivity contribution in [1.82, 2.24) is 4.90 Å². The van der Waals surface area contributed by atoms with Crippen LogP contribution in [0.2, 0.25) is 0 Å². The van der Waals surface area contributed by atoms with Crippen molar-refractivity contribution in [3.63, 3.8) is 0 Å². The van der Waals surface area contributed by atoms with Crippen LogP contribution in [0.1, 0.15) is 13.3 Å². The maximum Gasteiger partial charge on any atom is 0.231 e. The first-order valence-corrected chi connectivity index (χ1v) is 4.34. The van der Waals surface area contributed by atoms with Gasteiger partial charge < -0.3 is 10.5 Å². The molecule has 0 aromatic heterocycles. The summed E-state index contributed by atoms with van der Waals surface area (Å²) < 4.78 is 5.45. The van der Waals surface area contributed by atoms with E-state index in [2.05, 4.69) is 6.92 Å². The maximum atomic E-state index is 10.6. The van der Waals surface area contributed by atoms with E-state index in [0.29, 0.717) is 13.2 Å². The van der Waals surface area contributed by atoms with Gasteiger partial charge in [-0.05, 0) is 6.42 Å². The van der Waals surface area contributed by atoms with Crippen molar-refractivity contribution >= 4 is 5.91 Å². The number of carbonyl (C=O) groups excluding carboxylic acids is 1. The SMILES string of the molecule is CC[C@@H]1CN(CC(N)=O)CCO1. The van der Waals surface area contributed by atoms with E-state index in [1.54, 1.807) is 0 Å². The van der Waals surface area contributed by atoms with E-state index in [1.807, 2.05) is 4.90 Å². The smallest absolute Gasteiger partial charge is 0.231 e. The number of rotatable bonds is 3. The molecule has 1 aliphatic rings. The summed E-state index contributed by atoms with van der Waals surface area (Å²) in [4.78, 5) is 12.6. The summed E-state index contributed by atoms with van der Waals surface area (Å²) in [5, 5.41) is 0. The number of primary amides is 1. The minimum absolute atomic E-state index is 0.258. The van der Waals surface area contributed by atoms with Crippen molar-refractivity contribution in [1.29, 1.82) is 0 Å². The zero-order chi connectivity index (χ0) is 8.97. The van der Waals surface area contributed by atoms with E-state index >= 15 is 0 Å². The Morgan fingerprint density at radius 1 is 1.75 bits per heavy atom. The van der Waals surface area contributed by atoms with Gasteiger partial charge in [-0.25, -0.2) is 0 Å². The third-order valence-electron chi connectivity index (χ3n) is 2.06. The van der Waals surface area contributed by atoms with Gasteiger partial charge >= 0.3 is 0 Å². The average Bonchev–Trinajstić information content (AvgIpc) is 2.03. The molecule has 1 atom stereocenters. The molecule has 70 valence electrons. The van der Waals surface area contributed by atoms with Crippen LogP contribution in [0.4, 0.5) is 0 Å². The minimum atomic E-state index is -0.258. The fraction of sp³-hybridized carbons (Fsp3) is 0.875. The Bertz CT molecular complexity index is 161. The summed E-state index contributed by atoms with van der Waals surface area (Å²) in [6.07, 6.45) is 1.27. The van der Waals surface area contributed by atoms with Crippen molar-refractivity contribution in [2.75, 3.05) is 26.2 Å². The molecule has 1 rings (SSSR count). The number of nitrogens with two attached hydrogens (primary N) is 1. The zero-order valence-corrected chi connectivity index (χ0v) is 7.45. The number of amides is 1. The lowest BCUT2D eigenvalue weighted by Gasteiger charge is -2.31. The Morgan fingerprint density at radius 3 is 3.08 bits per heavy atom. The molecule has 0 bridgehead atoms. The van der Waals surface area contributed by atoms with Crippen LogP contribution < -0.4 is 5.73 Å². The molecule has 2 N–H and O–H groups in total. The third kappa shape index (κ3) is 2.79. The summed E-state index contributed by atoms with van der Waals surface area (Å²) >= 11 is 0. The Morgan fingerprint density at radius 2 is 2.50 bits per heavy atom. The molecule has 0 spiro atoms. The van der Waals surface area contributed by atoms with E-state index in [0.717, 1.165) is 19.5 Å². The number of ether oxygens (including phenoxy) is 1. The van der Waals surface area contributed by atoms with Gasteiger partial charge in [0, 0.05) is 13.1 Å². The van der Waals surface area contributed by atoms with Crippen LogP contribution in [-0.4, -0.2) is 43.2 Å². The minimum Gasteiger partial charge on any atom is -0.376 e. The predicted molar refractivity (Wildman–Crippen MR) is 45.7 cm³/mol. The summed E-state index contributed by atoms with van der Waals surface area (Å²) in [6.45, 7) is 4.81. The van der Waals surface area contributed by atoms with Crippen LogP contribution in [0, 0.1) is 0 Å². The molecule has 1 amide bonds. The predicted octanol–water partition coefficient (Wildman–Crippen LogP) is -0.417. The number of carbonyl (C=O) groups is 1. The van der Waals surface area contributed by atoms with Gasteiger partial charge in [0.1, 0.15) is 0 Å². The van der Waals surface area contributed by atoms with Gasteiger partial charge in [0.15, 0.2) is 0 Å². The summed E-state index contributed by atoms with van der Waals surface area (Å²) in [7, 11) is 0. The Kier molecular flexibility index (Phi) is 3.49. The first kappa shape index (κ1) is 9.48. The number of hydrogen-bond acceptors (Lipinski definition) is 3. The second-order valence-electron chi connectivity index (χ2n) is 3.10. The number of morpholine rings is 1. The quantitative estimate of drug-likeness (QED) is 0.629. The molecule has 4 heteroatoms. The van der Waals surface area contributed by atoms with Gasteiger partial charge in [-0.3, -0.25) is 9.69 Å². The van der Waals surface area contributed by atoms with Crippen LogP contribution in [0.5, 0.6) is 0 Å². The van der Waals surface area contributed by atoms with Gasteiger partial charge in [-0.2, -0.15) is 0 Å². The topological polar surface area (TPSA) is 55.6 Å². The lowest BCUT2D eigenvalue weighted by molar-refractivity contribution is -0.121. The van der Waals surface area contributed by atoms with E-state index < -0.39 is 0 Å². The molecule has 0 saturated carbocycles. The van der Waals surface area contributed by atoms with E-state index in [4.69, 9.17) is 10.5 Å². The fourth-order valence-corrected chi connectivity index (χ4v) is 1.39. The zero-order valence-electron chi connectivity index (χ0n) is 7.45. The molecule has 1 aliphatic heterocycles. The van der Waals surface area contributed by atoms with Crippen LogP contribution in [0.3, 0.4) is 0 Å². The lowest BCUT2D eigenvalue weighted by Crippen LogP contribution is -2.45. The highest BCUT2D eigenvalue weighted by atomic mass is 16.5. The molecule has 0 aromatic carbocycles. The summed E-state index contributed by atoms with van der Waals surface area (Å²) in [6, 6.07) is 0. The molecule has 0 radical (unpaired) electrons. The van der Waals surface area contributed by atoms with E-state index in [-0.39, 0.29) is 12.0 Å². The van der Waals surface area contributed by atoms with Crippen LogP contribution in [0.15, 0.2) is 0 Å². The van der Waals surface area contributed by atoms with Crippen molar-refractivity contribution < 1.29 is 9.53 Å². The Labute approximate surface area is 72.7 Å². The third-order valence-corrected chi connectivity index (χ3v) is 2.06. The molecule has 1 heterocycles. The van der Waals surface area contributed by atoms with Crippen molar-refractivity contribution in [2.24, 2.45) is 5.73 Å². The molecule has 4 nitrogen and oxygen atoms in total. The maximum absolute atomic E-state index is 10.6. The van der Waals surface area contributed by atoms with Gasteiger partial charge in [-0.15, -0.1) is 0 Å². The standard InChI is InChI=1S/C8H16N2O2/c1-2-7-5-10(3-4-12-7)6-8(9)11/h7H,2-6H2,1H3,(H2,9,11)/t7-/m1/s1. The molecule has 0 aromatic rings. The second-order valence-corrected chi connectivity index (χ2v) is 3.10. The monoisotopic (exact) mass is 172 g/mol. The molecule has 0 unspecified atom stereocenters.